The van der Waals surface area contributed by atoms with E-state index in [1.807, 2.05) is 0 Å². The molecule has 2 N–H and O–H groups in total. The Morgan fingerprint density at radius 2 is 2.14 bits per heavy atom. The van der Waals surface area contributed by atoms with Crippen molar-refractivity contribution < 1.29 is 17.4 Å². The van der Waals surface area contributed by atoms with Crippen LogP contribution in [-0.2, 0) is 19.1 Å². The third kappa shape index (κ3) is 4.06. The van der Waals surface area contributed by atoms with Crippen LogP contribution in [0.15, 0.2) is 0 Å². The first-order valence-electron chi connectivity index (χ1n) is 4.53. The lowest BCUT2D eigenvalue weighted by Crippen LogP contribution is -2.17. The molecule has 0 bridgehead atoms. The van der Waals surface area contributed by atoms with Gasteiger partial charge < -0.3 is 5.73 Å². The lowest BCUT2D eigenvalue weighted by atomic mass is 10.0. The van der Waals surface area contributed by atoms with Crippen LogP contribution in [-0.4, -0.2) is 26.7 Å². The fourth-order valence-electron chi connectivity index (χ4n) is 1.83. The fourth-order valence-corrected chi connectivity index (χ4v) is 2.50. The highest BCUT2D eigenvalue weighted by atomic mass is 32.2. The lowest BCUT2D eigenvalue weighted by Gasteiger charge is -2.09. The lowest BCUT2D eigenvalue weighted by molar-refractivity contribution is -0.118. The maximum atomic E-state index is 10.8. The molecule has 14 heavy (non-hydrogen) atoms. The molecule has 1 saturated carbocycles. The Morgan fingerprint density at radius 1 is 1.50 bits per heavy atom. The van der Waals surface area contributed by atoms with E-state index in [0.717, 1.165) is 12.7 Å². The van der Waals surface area contributed by atoms with Crippen LogP contribution in [0.4, 0.5) is 0 Å². The first kappa shape index (κ1) is 11.5. The van der Waals surface area contributed by atoms with E-state index in [0.29, 0.717) is 19.3 Å². The molecule has 0 saturated heterocycles. The van der Waals surface area contributed by atoms with Gasteiger partial charge in [-0.05, 0) is 25.2 Å². The van der Waals surface area contributed by atoms with Crippen molar-refractivity contribution in [2.75, 3.05) is 6.26 Å². The molecule has 0 spiro atoms. The monoisotopic (exact) mass is 221 g/mol. The van der Waals surface area contributed by atoms with Crippen LogP contribution in [0.5, 0.6) is 0 Å². The molecule has 1 amide bonds. The average molecular weight is 221 g/mol. The molecule has 0 radical (unpaired) electrons. The summed E-state index contributed by atoms with van der Waals surface area (Å²) in [7, 11) is -3.38. The Morgan fingerprint density at radius 3 is 2.64 bits per heavy atom. The maximum Gasteiger partial charge on any atom is 0.264 e. The molecular formula is C8H15NO4S. The molecule has 2 unspecified atom stereocenters. The summed E-state index contributed by atoms with van der Waals surface area (Å²) in [5, 5.41) is 0. The molecule has 2 atom stereocenters. The topological polar surface area (TPSA) is 86.5 Å². The van der Waals surface area contributed by atoms with Gasteiger partial charge in [0.05, 0.1) is 12.4 Å². The second kappa shape index (κ2) is 4.27. The van der Waals surface area contributed by atoms with Crippen LogP contribution >= 0.6 is 0 Å². The van der Waals surface area contributed by atoms with Crippen LogP contribution in [0.2, 0.25) is 0 Å². The standard InChI is InChI=1S/C8H15NO4S/c1-14(11,12)13-7-3-2-6(4-7)5-8(9)10/h6-7H,2-5H2,1H3,(H2,9,10). The minimum atomic E-state index is -3.38. The molecule has 1 aliphatic carbocycles. The summed E-state index contributed by atoms with van der Waals surface area (Å²) in [5.74, 6) is -0.158. The summed E-state index contributed by atoms with van der Waals surface area (Å²) in [6.45, 7) is 0. The van der Waals surface area contributed by atoms with E-state index in [2.05, 4.69) is 0 Å². The SMILES string of the molecule is CS(=O)(=O)OC1CCC(CC(N)=O)C1. The van der Waals surface area contributed by atoms with Crippen molar-refractivity contribution in [1.82, 2.24) is 0 Å². The minimum absolute atomic E-state index is 0.180. The normalized spacial score (nSPS) is 27.8. The largest absolute Gasteiger partial charge is 0.370 e. The number of amides is 1. The summed E-state index contributed by atoms with van der Waals surface area (Å²) in [4.78, 5) is 10.6. The summed E-state index contributed by atoms with van der Waals surface area (Å²) in [5.41, 5.74) is 5.05. The van der Waals surface area contributed by atoms with Crippen LogP contribution in [0.25, 0.3) is 0 Å². The van der Waals surface area contributed by atoms with Crippen molar-refractivity contribution in [3.8, 4) is 0 Å². The number of carbonyl (C=O) groups excluding carboxylic acids is 1. The van der Waals surface area contributed by atoms with Gasteiger partial charge in [-0.3, -0.25) is 8.98 Å². The number of hydrogen-bond donors (Lipinski definition) is 1. The van der Waals surface area contributed by atoms with Gasteiger partial charge in [0.1, 0.15) is 0 Å². The maximum absolute atomic E-state index is 10.8. The Balaban J connectivity index is 2.38. The highest BCUT2D eigenvalue weighted by Crippen LogP contribution is 2.30. The number of nitrogens with two attached hydrogens (primary N) is 1. The van der Waals surface area contributed by atoms with E-state index in [1.165, 1.54) is 0 Å². The van der Waals surface area contributed by atoms with Crippen molar-refractivity contribution in [2.24, 2.45) is 11.7 Å². The molecule has 1 rings (SSSR count). The smallest absolute Gasteiger partial charge is 0.264 e. The second-order valence-corrected chi connectivity index (χ2v) is 5.37. The molecule has 1 fully saturated rings. The minimum Gasteiger partial charge on any atom is -0.370 e. The van der Waals surface area contributed by atoms with Crippen LogP contribution in [0, 0.1) is 5.92 Å². The van der Waals surface area contributed by atoms with Crippen molar-refractivity contribution in [1.29, 1.82) is 0 Å². The van der Waals surface area contributed by atoms with Crippen LogP contribution in [0.1, 0.15) is 25.7 Å². The fraction of sp³-hybridized carbons (Fsp3) is 0.875. The Kier molecular flexibility index (Phi) is 3.49. The van der Waals surface area contributed by atoms with Gasteiger partial charge >= 0.3 is 0 Å². The van der Waals surface area contributed by atoms with E-state index in [1.54, 1.807) is 0 Å². The van der Waals surface area contributed by atoms with E-state index in [4.69, 9.17) is 9.92 Å². The van der Waals surface area contributed by atoms with Crippen molar-refractivity contribution in [2.45, 2.75) is 31.8 Å². The van der Waals surface area contributed by atoms with Gasteiger partial charge in [0.25, 0.3) is 10.1 Å². The number of carbonyl (C=O) groups is 1. The summed E-state index contributed by atoms with van der Waals surface area (Å²) >= 11 is 0. The third-order valence-corrected chi connectivity index (χ3v) is 2.92. The summed E-state index contributed by atoms with van der Waals surface area (Å²) < 4.78 is 26.4. The molecule has 82 valence electrons. The molecular weight excluding hydrogens is 206 g/mol. The van der Waals surface area contributed by atoms with Gasteiger partial charge in [-0.2, -0.15) is 8.42 Å². The van der Waals surface area contributed by atoms with Gasteiger partial charge in [0.15, 0.2) is 0 Å². The molecule has 0 aliphatic heterocycles. The molecule has 1 aliphatic rings. The zero-order valence-electron chi connectivity index (χ0n) is 8.10. The van der Waals surface area contributed by atoms with E-state index in [-0.39, 0.29) is 17.9 Å². The van der Waals surface area contributed by atoms with Gasteiger partial charge in [-0.1, -0.05) is 0 Å². The van der Waals surface area contributed by atoms with Crippen molar-refractivity contribution in [3.63, 3.8) is 0 Å². The Bertz CT molecular complexity index is 311. The molecule has 5 nitrogen and oxygen atoms in total. The van der Waals surface area contributed by atoms with E-state index < -0.39 is 10.1 Å². The third-order valence-electron chi connectivity index (χ3n) is 2.29. The van der Waals surface area contributed by atoms with Crippen molar-refractivity contribution in [3.05, 3.63) is 0 Å². The van der Waals surface area contributed by atoms with Gasteiger partial charge in [0, 0.05) is 6.42 Å². The predicted molar refractivity (Wildman–Crippen MR) is 50.9 cm³/mol. The molecule has 6 heteroatoms. The highest BCUT2D eigenvalue weighted by Gasteiger charge is 2.28. The summed E-state index contributed by atoms with van der Waals surface area (Å²) in [6, 6.07) is 0. The van der Waals surface area contributed by atoms with Gasteiger partial charge in [-0.25, -0.2) is 0 Å². The molecule has 0 aromatic carbocycles. The van der Waals surface area contributed by atoms with Gasteiger partial charge in [0.2, 0.25) is 5.91 Å². The summed E-state index contributed by atoms with van der Waals surface area (Å²) in [6.07, 6.45) is 3.19. The van der Waals surface area contributed by atoms with Crippen LogP contribution in [0.3, 0.4) is 0 Å². The van der Waals surface area contributed by atoms with Crippen LogP contribution < -0.4 is 5.73 Å². The predicted octanol–water partition coefficient (Wildman–Crippen LogP) is 0.00670. The first-order chi connectivity index (χ1) is 6.37. The zero-order valence-corrected chi connectivity index (χ0v) is 8.92. The van der Waals surface area contributed by atoms with Crippen molar-refractivity contribution >= 4 is 16.0 Å². The Hall–Kier alpha value is -0.620. The second-order valence-electron chi connectivity index (χ2n) is 3.77. The average Bonchev–Trinajstić information content (AvgIpc) is 2.30. The number of primary amides is 1. The van der Waals surface area contributed by atoms with E-state index in [9.17, 15) is 13.2 Å². The number of hydrogen-bond acceptors (Lipinski definition) is 4. The van der Waals surface area contributed by atoms with E-state index >= 15 is 0 Å². The Labute approximate surface area is 83.7 Å². The van der Waals surface area contributed by atoms with Gasteiger partial charge in [-0.15, -0.1) is 0 Å². The molecule has 0 heterocycles. The first-order valence-corrected chi connectivity index (χ1v) is 6.35. The molecule has 0 aromatic heterocycles. The quantitative estimate of drug-likeness (QED) is 0.677. The number of rotatable bonds is 4. The zero-order chi connectivity index (χ0) is 10.8. The highest BCUT2D eigenvalue weighted by molar-refractivity contribution is 7.86. The molecule has 0 aromatic rings.